The van der Waals surface area contributed by atoms with E-state index in [1.165, 1.54) is 12.8 Å². The van der Waals surface area contributed by atoms with E-state index in [4.69, 9.17) is 10.6 Å². The van der Waals surface area contributed by atoms with Crippen molar-refractivity contribution in [3.63, 3.8) is 0 Å². The molecule has 1 aromatic rings. The minimum atomic E-state index is -0.236. The normalized spacial score (nSPS) is 30.3. The first-order valence-corrected chi connectivity index (χ1v) is 6.61. The van der Waals surface area contributed by atoms with Crippen molar-refractivity contribution in [2.45, 2.75) is 44.2 Å². The van der Waals surface area contributed by atoms with Crippen LogP contribution in [0.2, 0.25) is 0 Å². The number of aromatic nitrogens is 2. The predicted molar refractivity (Wildman–Crippen MR) is 70.6 cm³/mol. The minimum absolute atomic E-state index is 0.0602. The van der Waals surface area contributed by atoms with Crippen LogP contribution in [0.15, 0.2) is 12.4 Å². The van der Waals surface area contributed by atoms with Crippen molar-refractivity contribution < 1.29 is 4.74 Å². The van der Waals surface area contributed by atoms with Gasteiger partial charge in [0.25, 0.3) is 0 Å². The number of nitrogens with one attached hydrogen (secondary N) is 1. The molecule has 1 atom stereocenters. The van der Waals surface area contributed by atoms with E-state index in [1.54, 1.807) is 13.3 Å². The van der Waals surface area contributed by atoms with Crippen LogP contribution in [-0.2, 0) is 11.8 Å². The predicted octanol–water partition coefficient (Wildman–Crippen LogP) is 1.52. The van der Waals surface area contributed by atoms with Gasteiger partial charge in [-0.3, -0.25) is 5.84 Å². The molecule has 0 amide bonds. The number of imidazole rings is 1. The number of ether oxygens (including phenoxy) is 1. The van der Waals surface area contributed by atoms with Crippen LogP contribution in [0.25, 0.3) is 0 Å². The second-order valence-electron chi connectivity index (χ2n) is 5.45. The molecule has 102 valence electrons. The SMILES string of the molecule is COC1(C(NN)c2nccn2C)CCC(C)CC1. The summed E-state index contributed by atoms with van der Waals surface area (Å²) in [4.78, 5) is 4.41. The van der Waals surface area contributed by atoms with Crippen molar-refractivity contribution in [3.8, 4) is 0 Å². The van der Waals surface area contributed by atoms with Gasteiger partial charge in [-0.15, -0.1) is 0 Å². The third-order valence-corrected chi connectivity index (χ3v) is 4.34. The van der Waals surface area contributed by atoms with Gasteiger partial charge in [0.2, 0.25) is 0 Å². The summed E-state index contributed by atoms with van der Waals surface area (Å²) in [7, 11) is 3.77. The van der Waals surface area contributed by atoms with E-state index in [0.717, 1.165) is 24.6 Å². The molecule has 3 N–H and O–H groups in total. The lowest BCUT2D eigenvalue weighted by Gasteiger charge is -2.43. The maximum Gasteiger partial charge on any atom is 0.129 e. The molecule has 1 aromatic heterocycles. The molecule has 0 aliphatic heterocycles. The van der Waals surface area contributed by atoms with Gasteiger partial charge in [0.05, 0.1) is 5.60 Å². The molecule has 5 heteroatoms. The molecule has 0 spiro atoms. The summed E-state index contributed by atoms with van der Waals surface area (Å²) in [5, 5.41) is 0. The Kier molecular flexibility index (Phi) is 4.04. The van der Waals surface area contributed by atoms with Gasteiger partial charge in [0, 0.05) is 26.6 Å². The molecule has 1 fully saturated rings. The zero-order chi connectivity index (χ0) is 13.2. The molecule has 0 aromatic carbocycles. The number of nitrogens with zero attached hydrogens (tertiary/aromatic N) is 2. The van der Waals surface area contributed by atoms with E-state index < -0.39 is 0 Å². The van der Waals surface area contributed by atoms with Crippen molar-refractivity contribution >= 4 is 0 Å². The first-order chi connectivity index (χ1) is 8.63. The zero-order valence-electron chi connectivity index (χ0n) is 11.5. The van der Waals surface area contributed by atoms with Gasteiger partial charge >= 0.3 is 0 Å². The highest BCUT2D eigenvalue weighted by Crippen LogP contribution is 2.41. The van der Waals surface area contributed by atoms with E-state index in [-0.39, 0.29) is 11.6 Å². The molecule has 1 unspecified atom stereocenters. The second kappa shape index (κ2) is 5.38. The number of hydrazine groups is 1. The van der Waals surface area contributed by atoms with Crippen LogP contribution >= 0.6 is 0 Å². The van der Waals surface area contributed by atoms with Crippen molar-refractivity contribution in [2.24, 2.45) is 18.8 Å². The summed E-state index contributed by atoms with van der Waals surface area (Å²) < 4.78 is 7.87. The lowest BCUT2D eigenvalue weighted by atomic mass is 9.75. The van der Waals surface area contributed by atoms with Gasteiger partial charge in [-0.2, -0.15) is 0 Å². The van der Waals surface area contributed by atoms with Gasteiger partial charge in [-0.25, -0.2) is 10.4 Å². The number of nitrogens with two attached hydrogens (primary N) is 1. The van der Waals surface area contributed by atoms with Gasteiger partial charge in [-0.1, -0.05) is 6.92 Å². The molecular formula is C13H24N4O. The molecule has 1 heterocycles. The number of hydrogen-bond acceptors (Lipinski definition) is 4. The van der Waals surface area contributed by atoms with E-state index in [1.807, 2.05) is 17.8 Å². The second-order valence-corrected chi connectivity index (χ2v) is 5.45. The molecule has 0 saturated heterocycles. The van der Waals surface area contributed by atoms with Crippen LogP contribution in [-0.4, -0.2) is 22.3 Å². The maximum atomic E-state index is 5.86. The first kappa shape index (κ1) is 13.5. The molecule has 18 heavy (non-hydrogen) atoms. The Morgan fingerprint density at radius 3 is 2.67 bits per heavy atom. The summed E-state index contributed by atoms with van der Waals surface area (Å²) in [6.45, 7) is 2.30. The van der Waals surface area contributed by atoms with E-state index in [0.29, 0.717) is 0 Å². The topological polar surface area (TPSA) is 65.1 Å². The number of hydrogen-bond donors (Lipinski definition) is 2. The third-order valence-electron chi connectivity index (χ3n) is 4.34. The molecule has 0 radical (unpaired) electrons. The van der Waals surface area contributed by atoms with Gasteiger partial charge in [0.15, 0.2) is 0 Å². The van der Waals surface area contributed by atoms with Crippen molar-refractivity contribution in [1.82, 2.24) is 15.0 Å². The molecule has 0 bridgehead atoms. The van der Waals surface area contributed by atoms with Crippen LogP contribution in [0.3, 0.4) is 0 Å². The molecule has 5 nitrogen and oxygen atoms in total. The van der Waals surface area contributed by atoms with Crippen molar-refractivity contribution in [2.75, 3.05) is 7.11 Å². The van der Waals surface area contributed by atoms with Crippen LogP contribution in [0.5, 0.6) is 0 Å². The first-order valence-electron chi connectivity index (χ1n) is 6.61. The van der Waals surface area contributed by atoms with Gasteiger partial charge in [0.1, 0.15) is 11.9 Å². The quantitative estimate of drug-likeness (QED) is 0.630. The Balaban J connectivity index is 2.27. The third kappa shape index (κ3) is 2.30. The zero-order valence-corrected chi connectivity index (χ0v) is 11.5. The lowest BCUT2D eigenvalue weighted by Crippen LogP contribution is -2.50. The van der Waals surface area contributed by atoms with Crippen LogP contribution in [0.1, 0.15) is 44.5 Å². The average molecular weight is 252 g/mol. The molecule has 1 aliphatic carbocycles. The van der Waals surface area contributed by atoms with Crippen LogP contribution in [0.4, 0.5) is 0 Å². The summed E-state index contributed by atoms with van der Waals surface area (Å²) in [6.07, 6.45) is 8.13. The Labute approximate surface area is 109 Å². The molecule has 2 rings (SSSR count). The Morgan fingerprint density at radius 2 is 2.22 bits per heavy atom. The highest BCUT2D eigenvalue weighted by Gasteiger charge is 2.43. The lowest BCUT2D eigenvalue weighted by molar-refractivity contribution is -0.0786. The number of methoxy groups -OCH3 is 1. The van der Waals surface area contributed by atoms with Crippen LogP contribution in [0, 0.1) is 5.92 Å². The highest BCUT2D eigenvalue weighted by molar-refractivity contribution is 5.08. The van der Waals surface area contributed by atoms with Gasteiger partial charge < -0.3 is 9.30 Å². The molecule has 1 saturated carbocycles. The molecule has 1 aliphatic rings. The standard InChI is InChI=1S/C13H24N4O/c1-10-4-6-13(18-3,7-5-10)11(16-14)12-15-8-9-17(12)2/h8-11,16H,4-7,14H2,1-3H3. The smallest absolute Gasteiger partial charge is 0.129 e. The average Bonchev–Trinajstić information content (AvgIpc) is 2.79. The Morgan fingerprint density at radius 1 is 1.56 bits per heavy atom. The van der Waals surface area contributed by atoms with Crippen LogP contribution < -0.4 is 11.3 Å². The van der Waals surface area contributed by atoms with E-state index >= 15 is 0 Å². The Bertz CT molecular complexity index is 382. The number of rotatable bonds is 4. The fraction of sp³-hybridized carbons (Fsp3) is 0.769. The Hall–Kier alpha value is -0.910. The summed E-state index contributed by atoms with van der Waals surface area (Å²) >= 11 is 0. The maximum absolute atomic E-state index is 5.86. The monoisotopic (exact) mass is 252 g/mol. The summed E-state index contributed by atoms with van der Waals surface area (Å²) in [5.74, 6) is 7.49. The minimum Gasteiger partial charge on any atom is -0.376 e. The largest absolute Gasteiger partial charge is 0.376 e. The fourth-order valence-electron chi connectivity index (χ4n) is 2.98. The molecular weight excluding hydrogens is 228 g/mol. The van der Waals surface area contributed by atoms with Crippen molar-refractivity contribution in [1.29, 1.82) is 0 Å². The number of aryl methyl sites for hydroxylation is 1. The van der Waals surface area contributed by atoms with E-state index in [9.17, 15) is 0 Å². The highest BCUT2D eigenvalue weighted by atomic mass is 16.5. The van der Waals surface area contributed by atoms with Gasteiger partial charge in [-0.05, 0) is 31.6 Å². The van der Waals surface area contributed by atoms with Crippen molar-refractivity contribution in [3.05, 3.63) is 18.2 Å². The summed E-state index contributed by atoms with van der Waals surface area (Å²) in [6, 6.07) is -0.0602. The summed E-state index contributed by atoms with van der Waals surface area (Å²) in [5.41, 5.74) is 2.68. The van der Waals surface area contributed by atoms with E-state index in [2.05, 4.69) is 17.3 Å². The fourth-order valence-corrected chi connectivity index (χ4v) is 2.98.